The highest BCUT2D eigenvalue weighted by molar-refractivity contribution is 7.89. The van der Waals surface area contributed by atoms with Gasteiger partial charge in [0.15, 0.2) is 0 Å². The molecule has 1 fully saturated rings. The first-order valence-electron chi connectivity index (χ1n) is 9.10. The van der Waals surface area contributed by atoms with Crippen molar-refractivity contribution < 1.29 is 22.7 Å². The molecular weight excluding hydrogens is 378 g/mol. The SMILES string of the molecule is COC(=O)CN(C1(Cc2cccc(OC)c2)CC1)S(=O)(=O)c1ccc(C)cc1. The normalized spacial score (nSPS) is 15.3. The minimum atomic E-state index is -3.85. The quantitative estimate of drug-likeness (QED) is 0.634. The van der Waals surface area contributed by atoms with E-state index in [1.807, 2.05) is 31.2 Å². The van der Waals surface area contributed by atoms with Crippen molar-refractivity contribution in [3.05, 3.63) is 59.7 Å². The van der Waals surface area contributed by atoms with Crippen LogP contribution in [-0.2, 0) is 26.0 Å². The maximum atomic E-state index is 13.4. The predicted molar refractivity (Wildman–Crippen MR) is 106 cm³/mol. The second kappa shape index (κ2) is 7.93. The van der Waals surface area contributed by atoms with Crippen LogP contribution in [0.4, 0.5) is 0 Å². The topological polar surface area (TPSA) is 72.9 Å². The molecule has 0 bridgehead atoms. The van der Waals surface area contributed by atoms with E-state index in [9.17, 15) is 13.2 Å². The number of carbonyl (C=O) groups excluding carboxylic acids is 1. The lowest BCUT2D eigenvalue weighted by molar-refractivity contribution is -0.141. The number of esters is 1. The Morgan fingerprint density at radius 3 is 2.36 bits per heavy atom. The van der Waals surface area contributed by atoms with Crippen LogP contribution in [-0.4, -0.2) is 45.0 Å². The number of benzene rings is 2. The van der Waals surface area contributed by atoms with E-state index in [1.165, 1.54) is 11.4 Å². The van der Waals surface area contributed by atoms with Crippen LogP contribution in [0.25, 0.3) is 0 Å². The fourth-order valence-electron chi connectivity index (χ4n) is 3.35. The molecule has 2 aromatic rings. The summed E-state index contributed by atoms with van der Waals surface area (Å²) in [4.78, 5) is 12.2. The summed E-state index contributed by atoms with van der Waals surface area (Å²) < 4.78 is 38.1. The summed E-state index contributed by atoms with van der Waals surface area (Å²) >= 11 is 0. The molecule has 0 atom stereocenters. The van der Waals surface area contributed by atoms with E-state index in [0.29, 0.717) is 25.0 Å². The number of ether oxygens (including phenoxy) is 2. The maximum Gasteiger partial charge on any atom is 0.321 e. The van der Waals surface area contributed by atoms with Crippen LogP contribution in [0, 0.1) is 6.92 Å². The molecule has 0 N–H and O–H groups in total. The fourth-order valence-corrected chi connectivity index (χ4v) is 5.11. The van der Waals surface area contributed by atoms with E-state index in [-0.39, 0.29) is 11.4 Å². The van der Waals surface area contributed by atoms with Crippen LogP contribution < -0.4 is 4.74 Å². The van der Waals surface area contributed by atoms with Gasteiger partial charge in [0.05, 0.1) is 19.1 Å². The Hall–Kier alpha value is -2.38. The molecule has 1 aliphatic rings. The molecule has 0 saturated heterocycles. The Labute approximate surface area is 166 Å². The van der Waals surface area contributed by atoms with Gasteiger partial charge < -0.3 is 9.47 Å². The Kier molecular flexibility index (Phi) is 5.76. The molecule has 2 aromatic carbocycles. The molecule has 0 spiro atoms. The third-order valence-corrected chi connectivity index (χ3v) is 7.10. The molecule has 1 aliphatic carbocycles. The smallest absolute Gasteiger partial charge is 0.321 e. The molecule has 28 heavy (non-hydrogen) atoms. The number of rotatable bonds is 8. The molecule has 0 heterocycles. The zero-order chi connectivity index (χ0) is 20.4. The Morgan fingerprint density at radius 2 is 1.79 bits per heavy atom. The molecule has 150 valence electrons. The van der Waals surface area contributed by atoms with Gasteiger partial charge in [-0.25, -0.2) is 8.42 Å². The molecule has 6 nitrogen and oxygen atoms in total. The van der Waals surface area contributed by atoms with Gasteiger partial charge in [0.25, 0.3) is 0 Å². The lowest BCUT2D eigenvalue weighted by Crippen LogP contribution is -2.46. The van der Waals surface area contributed by atoms with Gasteiger partial charge >= 0.3 is 5.97 Å². The monoisotopic (exact) mass is 403 g/mol. The van der Waals surface area contributed by atoms with Crippen molar-refractivity contribution in [2.24, 2.45) is 0 Å². The molecule has 0 amide bonds. The largest absolute Gasteiger partial charge is 0.497 e. The number of aryl methyl sites for hydroxylation is 1. The first-order valence-corrected chi connectivity index (χ1v) is 10.5. The van der Waals surface area contributed by atoms with Gasteiger partial charge in [0.2, 0.25) is 10.0 Å². The number of methoxy groups -OCH3 is 2. The van der Waals surface area contributed by atoms with Crippen molar-refractivity contribution in [2.75, 3.05) is 20.8 Å². The lowest BCUT2D eigenvalue weighted by atomic mass is 10.0. The van der Waals surface area contributed by atoms with Crippen LogP contribution in [0.15, 0.2) is 53.4 Å². The van der Waals surface area contributed by atoms with Crippen LogP contribution in [0.2, 0.25) is 0 Å². The van der Waals surface area contributed by atoms with E-state index in [4.69, 9.17) is 9.47 Å². The summed E-state index contributed by atoms with van der Waals surface area (Å²) in [5.41, 5.74) is 1.30. The summed E-state index contributed by atoms with van der Waals surface area (Å²) in [6, 6.07) is 14.2. The zero-order valence-corrected chi connectivity index (χ0v) is 17.2. The van der Waals surface area contributed by atoms with Crippen molar-refractivity contribution in [3.8, 4) is 5.75 Å². The first kappa shape index (κ1) is 20.4. The maximum absolute atomic E-state index is 13.4. The van der Waals surface area contributed by atoms with E-state index in [2.05, 4.69) is 0 Å². The van der Waals surface area contributed by atoms with Gasteiger partial charge in [0.1, 0.15) is 12.3 Å². The number of sulfonamides is 1. The average molecular weight is 404 g/mol. The first-order chi connectivity index (χ1) is 13.3. The molecule has 0 unspecified atom stereocenters. The van der Waals surface area contributed by atoms with Crippen molar-refractivity contribution in [2.45, 2.75) is 36.6 Å². The van der Waals surface area contributed by atoms with Crippen molar-refractivity contribution in [1.29, 1.82) is 0 Å². The number of carbonyl (C=O) groups is 1. The van der Waals surface area contributed by atoms with Crippen LogP contribution in [0.3, 0.4) is 0 Å². The third kappa shape index (κ3) is 4.20. The van der Waals surface area contributed by atoms with Crippen molar-refractivity contribution in [3.63, 3.8) is 0 Å². The molecule has 7 heteroatoms. The molecule has 0 radical (unpaired) electrons. The summed E-state index contributed by atoms with van der Waals surface area (Å²) in [6.45, 7) is 1.59. The summed E-state index contributed by atoms with van der Waals surface area (Å²) in [5.74, 6) is 0.141. The lowest BCUT2D eigenvalue weighted by Gasteiger charge is -2.30. The second-order valence-electron chi connectivity index (χ2n) is 7.15. The fraction of sp³-hybridized carbons (Fsp3) is 0.381. The van der Waals surface area contributed by atoms with Crippen LogP contribution in [0.1, 0.15) is 24.0 Å². The Balaban J connectivity index is 1.97. The standard InChI is InChI=1S/C21H25NO5S/c1-16-7-9-19(10-8-16)28(24,25)22(15-20(23)27-3)21(11-12-21)14-17-5-4-6-18(13-17)26-2/h4-10,13H,11-12,14-15H2,1-3H3. The average Bonchev–Trinajstić information content (AvgIpc) is 3.46. The number of nitrogens with zero attached hydrogens (tertiary/aromatic N) is 1. The minimum Gasteiger partial charge on any atom is -0.497 e. The summed E-state index contributed by atoms with van der Waals surface area (Å²) in [6.07, 6.45) is 1.88. The molecular formula is C21H25NO5S. The Bertz CT molecular complexity index is 949. The van der Waals surface area contributed by atoms with E-state index in [1.54, 1.807) is 31.4 Å². The molecule has 3 rings (SSSR count). The highest BCUT2D eigenvalue weighted by atomic mass is 32.2. The van der Waals surface area contributed by atoms with Gasteiger partial charge in [-0.3, -0.25) is 4.79 Å². The highest BCUT2D eigenvalue weighted by Gasteiger charge is 2.53. The Morgan fingerprint density at radius 1 is 1.11 bits per heavy atom. The van der Waals surface area contributed by atoms with E-state index in [0.717, 1.165) is 11.1 Å². The highest BCUT2D eigenvalue weighted by Crippen LogP contribution is 2.47. The summed E-state index contributed by atoms with van der Waals surface area (Å²) in [7, 11) is -0.994. The van der Waals surface area contributed by atoms with Gasteiger partial charge in [-0.2, -0.15) is 4.31 Å². The number of hydrogen-bond acceptors (Lipinski definition) is 5. The predicted octanol–water partition coefficient (Wildman–Crippen LogP) is 2.94. The van der Waals surface area contributed by atoms with Gasteiger partial charge in [-0.15, -0.1) is 0 Å². The molecule has 0 aromatic heterocycles. The van der Waals surface area contributed by atoms with Crippen molar-refractivity contribution >= 4 is 16.0 Å². The number of hydrogen-bond donors (Lipinski definition) is 0. The van der Waals surface area contributed by atoms with E-state index >= 15 is 0 Å². The second-order valence-corrected chi connectivity index (χ2v) is 9.02. The van der Waals surface area contributed by atoms with Gasteiger partial charge in [0, 0.05) is 5.54 Å². The summed E-state index contributed by atoms with van der Waals surface area (Å²) in [5, 5.41) is 0. The van der Waals surface area contributed by atoms with Crippen LogP contribution in [0.5, 0.6) is 5.75 Å². The molecule has 1 saturated carbocycles. The third-order valence-electron chi connectivity index (χ3n) is 5.13. The molecule has 0 aliphatic heterocycles. The minimum absolute atomic E-state index is 0.180. The van der Waals surface area contributed by atoms with Gasteiger partial charge in [-0.1, -0.05) is 29.8 Å². The van der Waals surface area contributed by atoms with Crippen LogP contribution >= 0.6 is 0 Å². The van der Waals surface area contributed by atoms with E-state index < -0.39 is 21.5 Å². The van der Waals surface area contributed by atoms with Gasteiger partial charge in [-0.05, 0) is 56.0 Å². The van der Waals surface area contributed by atoms with Crippen molar-refractivity contribution in [1.82, 2.24) is 4.31 Å². The zero-order valence-electron chi connectivity index (χ0n) is 16.3.